The fraction of sp³-hybridized carbons (Fsp3) is 0.0714. The summed E-state index contributed by atoms with van der Waals surface area (Å²) in [4.78, 5) is 12.5. The maximum Gasteiger partial charge on any atom is 0.228 e. The second-order valence-electron chi connectivity index (χ2n) is 4.02. The Morgan fingerprint density at radius 1 is 1.11 bits per heavy atom. The second-order valence-corrected chi connectivity index (χ2v) is 4.53. The lowest BCUT2D eigenvalue weighted by atomic mass is 10.1. The molecule has 0 aliphatic carbocycles. The number of carbonyl (C=O) groups is 1. The summed E-state index contributed by atoms with van der Waals surface area (Å²) < 4.78 is 26.3. The van der Waals surface area contributed by atoms with Gasteiger partial charge in [-0.15, -0.1) is 12.6 Å². The molecule has 0 heterocycles. The van der Waals surface area contributed by atoms with Gasteiger partial charge in [0.15, 0.2) is 0 Å². The SMILES string of the molecule is O=C(Cc1ccc(S)cc1)Nc1cc(F)ccc1F. The van der Waals surface area contributed by atoms with E-state index in [1.54, 1.807) is 24.3 Å². The first kappa shape index (κ1) is 13.5. The average molecular weight is 279 g/mol. The maximum absolute atomic E-state index is 13.3. The minimum absolute atomic E-state index is 0.0873. The molecule has 0 saturated heterocycles. The molecule has 2 nitrogen and oxygen atoms in total. The van der Waals surface area contributed by atoms with Crippen molar-refractivity contribution in [1.82, 2.24) is 0 Å². The van der Waals surface area contributed by atoms with E-state index in [1.165, 1.54) is 0 Å². The first-order valence-electron chi connectivity index (χ1n) is 5.57. The minimum Gasteiger partial charge on any atom is -0.323 e. The van der Waals surface area contributed by atoms with Gasteiger partial charge in [-0.2, -0.15) is 0 Å². The van der Waals surface area contributed by atoms with Gasteiger partial charge in [-0.25, -0.2) is 8.78 Å². The highest BCUT2D eigenvalue weighted by Gasteiger charge is 2.08. The molecule has 0 aliphatic rings. The molecule has 98 valence electrons. The summed E-state index contributed by atoms with van der Waals surface area (Å²) in [5.41, 5.74) is 0.614. The van der Waals surface area contributed by atoms with Crippen molar-refractivity contribution in [3.05, 3.63) is 59.7 Å². The number of carbonyl (C=O) groups excluding carboxylic acids is 1. The molecule has 19 heavy (non-hydrogen) atoms. The van der Waals surface area contributed by atoms with Crippen molar-refractivity contribution in [2.24, 2.45) is 0 Å². The third-order valence-electron chi connectivity index (χ3n) is 2.50. The van der Waals surface area contributed by atoms with Crippen molar-refractivity contribution in [3.63, 3.8) is 0 Å². The molecule has 1 amide bonds. The van der Waals surface area contributed by atoms with Crippen LogP contribution in [0, 0.1) is 11.6 Å². The smallest absolute Gasteiger partial charge is 0.228 e. The topological polar surface area (TPSA) is 29.1 Å². The Morgan fingerprint density at radius 3 is 2.47 bits per heavy atom. The van der Waals surface area contributed by atoms with Crippen molar-refractivity contribution < 1.29 is 13.6 Å². The normalized spacial score (nSPS) is 10.3. The van der Waals surface area contributed by atoms with Crippen LogP contribution in [0.3, 0.4) is 0 Å². The van der Waals surface area contributed by atoms with Crippen LogP contribution >= 0.6 is 12.6 Å². The summed E-state index contributed by atoms with van der Waals surface area (Å²) in [7, 11) is 0. The summed E-state index contributed by atoms with van der Waals surface area (Å²) in [6, 6.07) is 9.94. The van der Waals surface area contributed by atoms with Gasteiger partial charge >= 0.3 is 0 Å². The predicted octanol–water partition coefficient (Wildman–Crippen LogP) is 3.43. The molecule has 0 atom stereocenters. The average Bonchev–Trinajstić information content (AvgIpc) is 2.37. The lowest BCUT2D eigenvalue weighted by Crippen LogP contribution is -2.15. The van der Waals surface area contributed by atoms with Crippen molar-refractivity contribution in [3.8, 4) is 0 Å². The monoisotopic (exact) mass is 279 g/mol. The summed E-state index contributed by atoms with van der Waals surface area (Å²) in [5, 5.41) is 2.34. The summed E-state index contributed by atoms with van der Waals surface area (Å²) in [6.45, 7) is 0. The maximum atomic E-state index is 13.3. The molecule has 2 aromatic carbocycles. The Bertz CT molecular complexity index is 599. The second kappa shape index (κ2) is 5.84. The van der Waals surface area contributed by atoms with Gasteiger partial charge in [0.2, 0.25) is 5.91 Å². The molecule has 0 unspecified atom stereocenters. The number of hydrogen-bond donors (Lipinski definition) is 2. The van der Waals surface area contributed by atoms with Gasteiger partial charge in [-0.1, -0.05) is 12.1 Å². The van der Waals surface area contributed by atoms with E-state index in [-0.39, 0.29) is 12.1 Å². The van der Waals surface area contributed by atoms with E-state index in [9.17, 15) is 13.6 Å². The number of hydrogen-bond acceptors (Lipinski definition) is 2. The molecule has 0 aliphatic heterocycles. The van der Waals surface area contributed by atoms with Crippen LogP contribution in [0.15, 0.2) is 47.4 Å². The Morgan fingerprint density at radius 2 is 1.79 bits per heavy atom. The van der Waals surface area contributed by atoms with Crippen molar-refractivity contribution in [1.29, 1.82) is 0 Å². The highest BCUT2D eigenvalue weighted by molar-refractivity contribution is 7.80. The summed E-state index contributed by atoms with van der Waals surface area (Å²) in [5.74, 6) is -1.67. The number of halogens is 2. The van der Waals surface area contributed by atoms with Crippen molar-refractivity contribution in [2.75, 3.05) is 5.32 Å². The minimum atomic E-state index is -0.666. The van der Waals surface area contributed by atoms with E-state index in [4.69, 9.17) is 0 Å². The van der Waals surface area contributed by atoms with Crippen LogP contribution < -0.4 is 5.32 Å². The molecule has 0 aromatic heterocycles. The first-order chi connectivity index (χ1) is 9.04. The Balaban J connectivity index is 2.05. The van der Waals surface area contributed by atoms with Gasteiger partial charge < -0.3 is 5.32 Å². The molecule has 0 spiro atoms. The Kier molecular flexibility index (Phi) is 4.16. The molecule has 0 fully saturated rings. The molecule has 0 radical (unpaired) electrons. The lowest BCUT2D eigenvalue weighted by molar-refractivity contribution is -0.115. The van der Waals surface area contributed by atoms with Gasteiger partial charge in [-0.3, -0.25) is 4.79 Å². The third-order valence-corrected chi connectivity index (χ3v) is 2.80. The van der Waals surface area contributed by atoms with E-state index in [0.29, 0.717) is 0 Å². The van der Waals surface area contributed by atoms with Crippen LogP contribution in [0.2, 0.25) is 0 Å². The van der Waals surface area contributed by atoms with Crippen LogP contribution in [0.1, 0.15) is 5.56 Å². The predicted molar refractivity (Wildman–Crippen MR) is 72.4 cm³/mol. The highest BCUT2D eigenvalue weighted by atomic mass is 32.1. The van der Waals surface area contributed by atoms with Gasteiger partial charge in [0.25, 0.3) is 0 Å². The van der Waals surface area contributed by atoms with Crippen molar-refractivity contribution >= 4 is 24.2 Å². The molecule has 2 aromatic rings. The number of amides is 1. The van der Waals surface area contributed by atoms with Gasteiger partial charge in [-0.05, 0) is 29.8 Å². The number of nitrogens with one attached hydrogen (secondary N) is 1. The molecule has 5 heteroatoms. The summed E-state index contributed by atoms with van der Waals surface area (Å²) in [6.07, 6.45) is 0.0873. The fourth-order valence-corrected chi connectivity index (χ4v) is 1.74. The molecule has 1 N–H and O–H groups in total. The van der Waals surface area contributed by atoms with E-state index in [2.05, 4.69) is 17.9 Å². The van der Waals surface area contributed by atoms with Crippen LogP contribution in [-0.4, -0.2) is 5.91 Å². The zero-order valence-corrected chi connectivity index (χ0v) is 10.8. The molecular formula is C14H11F2NOS. The zero-order valence-electron chi connectivity index (χ0n) is 9.86. The number of benzene rings is 2. The van der Waals surface area contributed by atoms with E-state index >= 15 is 0 Å². The largest absolute Gasteiger partial charge is 0.323 e. The van der Waals surface area contributed by atoms with E-state index in [1.807, 2.05) is 0 Å². The van der Waals surface area contributed by atoms with Gasteiger partial charge in [0.05, 0.1) is 12.1 Å². The van der Waals surface area contributed by atoms with Gasteiger partial charge in [0, 0.05) is 11.0 Å². The van der Waals surface area contributed by atoms with Crippen LogP contribution in [0.5, 0.6) is 0 Å². The molecule has 0 saturated carbocycles. The highest BCUT2D eigenvalue weighted by Crippen LogP contribution is 2.16. The fourth-order valence-electron chi connectivity index (χ4n) is 1.59. The first-order valence-corrected chi connectivity index (χ1v) is 6.02. The van der Waals surface area contributed by atoms with Crippen molar-refractivity contribution in [2.45, 2.75) is 11.3 Å². The lowest BCUT2D eigenvalue weighted by Gasteiger charge is -2.06. The van der Waals surface area contributed by atoms with Crippen LogP contribution in [0.25, 0.3) is 0 Å². The van der Waals surface area contributed by atoms with Crippen LogP contribution in [-0.2, 0) is 11.2 Å². The molecule has 2 rings (SSSR count). The summed E-state index contributed by atoms with van der Waals surface area (Å²) >= 11 is 4.14. The Hall–Kier alpha value is -1.88. The number of rotatable bonds is 3. The number of anilines is 1. The van der Waals surface area contributed by atoms with E-state index in [0.717, 1.165) is 28.7 Å². The Labute approximate surface area is 114 Å². The molecular weight excluding hydrogens is 268 g/mol. The zero-order chi connectivity index (χ0) is 13.8. The third kappa shape index (κ3) is 3.79. The quantitative estimate of drug-likeness (QED) is 0.828. The van der Waals surface area contributed by atoms with Gasteiger partial charge in [0.1, 0.15) is 11.6 Å². The van der Waals surface area contributed by atoms with E-state index < -0.39 is 17.5 Å². The van der Waals surface area contributed by atoms with Crippen LogP contribution in [0.4, 0.5) is 14.5 Å². The number of thiol groups is 1. The standard InChI is InChI=1S/C14H11F2NOS/c15-10-3-6-12(16)13(8-10)17-14(18)7-9-1-4-11(19)5-2-9/h1-6,8,19H,7H2,(H,17,18). The molecule has 0 bridgehead atoms.